The van der Waals surface area contributed by atoms with Crippen molar-refractivity contribution in [3.8, 4) is 0 Å². The van der Waals surface area contributed by atoms with E-state index in [1.54, 1.807) is 111 Å². The first-order valence-electron chi connectivity index (χ1n) is 15.4. The summed E-state index contributed by atoms with van der Waals surface area (Å²) in [6, 6.07) is 13.3. The van der Waals surface area contributed by atoms with Gasteiger partial charge in [0.1, 0.15) is 16.8 Å². The van der Waals surface area contributed by atoms with Crippen molar-refractivity contribution in [1.29, 1.82) is 0 Å². The second kappa shape index (κ2) is 11.3. The van der Waals surface area contributed by atoms with Crippen LogP contribution in [0.25, 0.3) is 0 Å². The Bertz CT molecular complexity index is 1700. The fourth-order valence-corrected chi connectivity index (χ4v) is 7.57. The Labute approximate surface area is 282 Å². The number of likely N-dealkylation sites (tertiary alicyclic amines) is 1. The van der Waals surface area contributed by atoms with E-state index in [1.807, 2.05) is 0 Å². The fraction of sp³-hybridized carbons (Fsp3) is 0.486. The van der Waals surface area contributed by atoms with E-state index in [2.05, 4.69) is 15.9 Å². The highest BCUT2D eigenvalue weighted by Gasteiger charge is 2.78. The molecule has 2 aliphatic heterocycles. The molecule has 0 unspecified atom stereocenters. The van der Waals surface area contributed by atoms with Crippen LogP contribution in [0.1, 0.15) is 79.4 Å². The van der Waals surface area contributed by atoms with Gasteiger partial charge in [-0.05, 0) is 85.6 Å². The molecular formula is C35H39BrN2O9. The zero-order valence-electron chi connectivity index (χ0n) is 27.9. The maximum atomic E-state index is 15.2. The van der Waals surface area contributed by atoms with Crippen molar-refractivity contribution in [2.75, 3.05) is 4.90 Å². The number of benzene rings is 2. The molecule has 0 aromatic heterocycles. The smallest absolute Gasteiger partial charge is 0.424 e. The molecule has 3 aliphatic rings. The molecule has 2 fully saturated rings. The molecule has 47 heavy (non-hydrogen) atoms. The van der Waals surface area contributed by atoms with Crippen molar-refractivity contribution < 1.29 is 43.0 Å². The number of para-hydroxylation sites is 1. The maximum Gasteiger partial charge on any atom is 0.424 e. The van der Waals surface area contributed by atoms with Crippen molar-refractivity contribution in [2.24, 2.45) is 17.8 Å². The molecule has 1 aliphatic carbocycles. The molecule has 5 amide bonds. The molecule has 1 saturated carbocycles. The van der Waals surface area contributed by atoms with Gasteiger partial charge in [-0.3, -0.25) is 19.2 Å². The first kappa shape index (κ1) is 34.3. The predicted molar refractivity (Wildman–Crippen MR) is 173 cm³/mol. The largest absolute Gasteiger partial charge is 0.460 e. The third-order valence-electron chi connectivity index (χ3n) is 8.30. The minimum absolute atomic E-state index is 0.154. The highest BCUT2D eigenvalue weighted by atomic mass is 79.9. The lowest BCUT2D eigenvalue weighted by molar-refractivity contribution is -0.167. The number of amides is 5. The van der Waals surface area contributed by atoms with Crippen LogP contribution < -0.4 is 4.90 Å². The lowest BCUT2D eigenvalue weighted by Gasteiger charge is -2.38. The van der Waals surface area contributed by atoms with Crippen LogP contribution >= 0.6 is 15.9 Å². The number of halogens is 1. The number of fused-ring (bicyclic) bond motifs is 3. The fourth-order valence-electron chi connectivity index (χ4n) is 7.04. The third-order valence-corrected chi connectivity index (χ3v) is 9.02. The number of anilines is 1. The molecule has 5 atom stereocenters. The van der Waals surface area contributed by atoms with Crippen LogP contribution in [0.15, 0.2) is 53.0 Å². The zero-order chi connectivity index (χ0) is 35.0. The van der Waals surface area contributed by atoms with E-state index < -0.39 is 81.8 Å². The first-order valence-corrected chi connectivity index (χ1v) is 16.2. The summed E-state index contributed by atoms with van der Waals surface area (Å²) in [4.78, 5) is 87.1. The molecule has 2 aromatic rings. The van der Waals surface area contributed by atoms with Gasteiger partial charge in [-0.15, -0.1) is 0 Å². The molecule has 12 heteroatoms. The van der Waals surface area contributed by atoms with Gasteiger partial charge in [0, 0.05) is 10.4 Å². The van der Waals surface area contributed by atoms with Crippen molar-refractivity contribution in [1.82, 2.24) is 4.90 Å². The minimum Gasteiger partial charge on any atom is -0.460 e. The van der Waals surface area contributed by atoms with Crippen LogP contribution in [-0.2, 0) is 38.8 Å². The summed E-state index contributed by atoms with van der Waals surface area (Å²) in [6.07, 6.45) is -2.16. The van der Waals surface area contributed by atoms with Crippen LogP contribution in [-0.4, -0.2) is 57.6 Å². The lowest BCUT2D eigenvalue weighted by atomic mass is 9.64. The SMILES string of the molecule is CC(C)(C)OC(=O)[C@@H]1[C@H]2C(=O)N(C(=O)OC(C)(C)C)C(=O)[C@H]2[C@H](c2ccccc2Br)[C@@]12C(=O)N(C(=O)OC(C)(C)C)c1ccccc12. The van der Waals surface area contributed by atoms with Crippen LogP contribution in [0.2, 0.25) is 0 Å². The summed E-state index contributed by atoms with van der Waals surface area (Å²) in [5, 5.41) is 0. The number of hydrogen-bond donors (Lipinski definition) is 0. The molecule has 250 valence electrons. The van der Waals surface area contributed by atoms with E-state index in [1.165, 1.54) is 0 Å². The molecule has 0 bridgehead atoms. The molecule has 1 spiro atoms. The van der Waals surface area contributed by atoms with Gasteiger partial charge in [-0.25, -0.2) is 14.5 Å². The summed E-state index contributed by atoms with van der Waals surface area (Å²) >= 11 is 3.57. The zero-order valence-corrected chi connectivity index (χ0v) is 29.5. The van der Waals surface area contributed by atoms with Crippen molar-refractivity contribution in [3.05, 3.63) is 64.1 Å². The van der Waals surface area contributed by atoms with Gasteiger partial charge in [-0.2, -0.15) is 4.90 Å². The Morgan fingerprint density at radius 3 is 1.72 bits per heavy atom. The number of hydrogen-bond acceptors (Lipinski definition) is 9. The molecular weight excluding hydrogens is 672 g/mol. The van der Waals surface area contributed by atoms with Gasteiger partial charge in [0.2, 0.25) is 17.7 Å². The van der Waals surface area contributed by atoms with E-state index >= 15 is 4.79 Å². The van der Waals surface area contributed by atoms with Crippen molar-refractivity contribution >= 4 is 57.5 Å². The average molecular weight is 712 g/mol. The number of nitrogens with zero attached hydrogens (tertiary/aromatic N) is 2. The lowest BCUT2D eigenvalue weighted by Crippen LogP contribution is -2.55. The predicted octanol–water partition coefficient (Wildman–Crippen LogP) is 6.26. The van der Waals surface area contributed by atoms with Crippen molar-refractivity contribution in [3.63, 3.8) is 0 Å². The summed E-state index contributed by atoms with van der Waals surface area (Å²) < 4.78 is 17.5. The molecule has 0 radical (unpaired) electrons. The van der Waals surface area contributed by atoms with E-state index in [4.69, 9.17) is 14.2 Å². The standard InChI is InChI=1S/C35H39BrN2O9/c1-32(2,3)45-28(41)25-23-22(26(39)38(27(23)40)31(44)47-34(7,8)9)24(18-14-10-12-16-20(18)36)35(25)19-15-11-13-17-21(19)37(29(35)42)30(43)46-33(4,5)6/h10-17,22-25H,1-9H3/t22-,23+,24+,25+,35-/m1/s1. The summed E-state index contributed by atoms with van der Waals surface area (Å²) in [5.74, 6) is -9.42. The Kier molecular flexibility index (Phi) is 8.23. The molecule has 5 rings (SSSR count). The molecule has 2 aromatic carbocycles. The highest BCUT2D eigenvalue weighted by molar-refractivity contribution is 9.10. The monoisotopic (exact) mass is 710 g/mol. The highest BCUT2D eigenvalue weighted by Crippen LogP contribution is 2.68. The quantitative estimate of drug-likeness (QED) is 0.201. The van der Waals surface area contributed by atoms with Crippen LogP contribution in [0, 0.1) is 17.8 Å². The van der Waals surface area contributed by atoms with E-state index in [0.29, 0.717) is 14.9 Å². The van der Waals surface area contributed by atoms with Gasteiger partial charge in [0.05, 0.1) is 28.9 Å². The van der Waals surface area contributed by atoms with Gasteiger partial charge in [0.25, 0.3) is 0 Å². The summed E-state index contributed by atoms with van der Waals surface area (Å²) in [6.45, 7) is 14.7. The number of rotatable bonds is 2. The molecule has 1 saturated heterocycles. The van der Waals surface area contributed by atoms with Crippen LogP contribution in [0.3, 0.4) is 0 Å². The topological polar surface area (TPSA) is 137 Å². The van der Waals surface area contributed by atoms with E-state index in [9.17, 15) is 24.0 Å². The van der Waals surface area contributed by atoms with Gasteiger partial charge < -0.3 is 14.2 Å². The second-order valence-corrected chi connectivity index (χ2v) is 15.9. The second-order valence-electron chi connectivity index (χ2n) is 15.1. The van der Waals surface area contributed by atoms with Gasteiger partial charge >= 0.3 is 18.2 Å². The average Bonchev–Trinajstić information content (AvgIpc) is 3.46. The maximum absolute atomic E-state index is 15.2. The van der Waals surface area contributed by atoms with E-state index in [0.717, 1.165) is 4.90 Å². The summed E-state index contributed by atoms with van der Waals surface area (Å²) in [7, 11) is 0. The normalized spacial score (nSPS) is 25.6. The Hall–Kier alpha value is -4.06. The molecule has 2 heterocycles. The minimum atomic E-state index is -2.00. The van der Waals surface area contributed by atoms with E-state index in [-0.39, 0.29) is 11.3 Å². The number of imide groups is 4. The Balaban J connectivity index is 1.84. The van der Waals surface area contributed by atoms with Gasteiger partial charge in [0.15, 0.2) is 0 Å². The number of ether oxygens (including phenoxy) is 3. The summed E-state index contributed by atoms with van der Waals surface area (Å²) in [5.41, 5.74) is -4.26. The number of esters is 1. The van der Waals surface area contributed by atoms with Gasteiger partial charge in [-0.1, -0.05) is 52.3 Å². The van der Waals surface area contributed by atoms with Crippen LogP contribution in [0.4, 0.5) is 15.3 Å². The van der Waals surface area contributed by atoms with Crippen molar-refractivity contribution in [2.45, 2.75) is 90.4 Å². The number of carbonyl (C=O) groups excluding carboxylic acids is 6. The van der Waals surface area contributed by atoms with Crippen LogP contribution in [0.5, 0.6) is 0 Å². The Morgan fingerprint density at radius 1 is 0.681 bits per heavy atom. The molecule has 0 N–H and O–H groups in total. The number of carbonyl (C=O) groups is 6. The Morgan fingerprint density at radius 2 is 1.17 bits per heavy atom. The first-order chi connectivity index (χ1) is 21.6. The molecule has 11 nitrogen and oxygen atoms in total. The third kappa shape index (κ3) is 5.64.